The summed E-state index contributed by atoms with van der Waals surface area (Å²) in [6.07, 6.45) is -1.35. The van der Waals surface area contributed by atoms with Gasteiger partial charge in [-0.3, -0.25) is 24.0 Å². The van der Waals surface area contributed by atoms with E-state index in [0.29, 0.717) is 5.56 Å². The highest BCUT2D eigenvalue weighted by atomic mass is 16.4. The predicted octanol–water partition coefficient (Wildman–Crippen LogP) is -2.44. The van der Waals surface area contributed by atoms with Crippen molar-refractivity contribution in [2.45, 2.75) is 56.8 Å². The van der Waals surface area contributed by atoms with Gasteiger partial charge in [-0.25, -0.2) is 4.79 Å². The lowest BCUT2D eigenvalue weighted by molar-refractivity contribution is -0.142. The average molecular weight is 495 g/mol. The van der Waals surface area contributed by atoms with Gasteiger partial charge in [0.25, 0.3) is 0 Å². The number of hydrogen-bond donors (Lipinski definition) is 8. The highest BCUT2D eigenvalue weighted by Crippen LogP contribution is 2.11. The van der Waals surface area contributed by atoms with Crippen molar-refractivity contribution in [2.24, 2.45) is 11.5 Å². The fraction of sp³-hybridized carbons (Fsp3) is 0.429. The van der Waals surface area contributed by atoms with Gasteiger partial charge in [0.2, 0.25) is 23.6 Å². The van der Waals surface area contributed by atoms with Gasteiger partial charge in [-0.15, -0.1) is 0 Å². The first-order chi connectivity index (χ1) is 16.3. The number of carbonyl (C=O) groups is 6. The Morgan fingerprint density at radius 3 is 1.97 bits per heavy atom. The Kier molecular flexibility index (Phi) is 11.1. The van der Waals surface area contributed by atoms with Crippen LogP contribution in [0.2, 0.25) is 0 Å². The van der Waals surface area contributed by atoms with E-state index in [-0.39, 0.29) is 25.0 Å². The number of primary amides is 1. The maximum atomic E-state index is 12.6. The first-order valence-electron chi connectivity index (χ1n) is 10.5. The molecule has 1 aromatic carbocycles. The molecule has 0 fully saturated rings. The molecule has 4 atom stereocenters. The fourth-order valence-electron chi connectivity index (χ4n) is 2.86. The summed E-state index contributed by atoms with van der Waals surface area (Å²) in [7, 11) is 0. The summed E-state index contributed by atoms with van der Waals surface area (Å²) in [4.78, 5) is 70.7. The van der Waals surface area contributed by atoms with Crippen LogP contribution in [0.1, 0.15) is 31.7 Å². The standard InChI is InChI=1S/C21H29N5O9/c1-10(18(31)26-15(21(34)35)8-11-2-4-12(27)5-3-11)24-20(33)14(6-7-16(23)28)25-19(32)13(22)9-17(29)30/h2-5,10,13-15,27H,6-9,22H2,1H3,(H2,23,28)(H,24,33)(H,25,32)(H,26,31)(H,29,30)(H,34,35). The second-order valence-electron chi connectivity index (χ2n) is 7.77. The number of benzene rings is 1. The Bertz CT molecular complexity index is 951. The number of nitrogens with one attached hydrogen (secondary N) is 3. The highest BCUT2D eigenvalue weighted by molar-refractivity contribution is 5.94. The molecule has 0 saturated heterocycles. The molecule has 1 aromatic rings. The van der Waals surface area contributed by atoms with Crippen LogP contribution in [0.15, 0.2) is 24.3 Å². The maximum absolute atomic E-state index is 12.6. The Hall–Kier alpha value is -4.20. The summed E-state index contributed by atoms with van der Waals surface area (Å²) in [5, 5.41) is 34.3. The quantitative estimate of drug-likeness (QED) is 0.135. The van der Waals surface area contributed by atoms with Crippen molar-refractivity contribution < 1.29 is 44.1 Å². The van der Waals surface area contributed by atoms with E-state index in [1.165, 1.54) is 31.2 Å². The molecule has 0 aliphatic heterocycles. The molecule has 0 heterocycles. The molecule has 0 spiro atoms. The van der Waals surface area contributed by atoms with Gasteiger partial charge in [0.15, 0.2) is 0 Å². The number of nitrogens with two attached hydrogens (primary N) is 2. The van der Waals surface area contributed by atoms with Crippen molar-refractivity contribution in [3.8, 4) is 5.75 Å². The van der Waals surface area contributed by atoms with Crippen LogP contribution in [0, 0.1) is 0 Å². The third-order valence-electron chi connectivity index (χ3n) is 4.79. The summed E-state index contributed by atoms with van der Waals surface area (Å²) in [6.45, 7) is 1.27. The number of hydrogen-bond acceptors (Lipinski definition) is 8. The topological polar surface area (TPSA) is 251 Å². The molecule has 4 unspecified atom stereocenters. The second-order valence-corrected chi connectivity index (χ2v) is 7.77. The minimum Gasteiger partial charge on any atom is -0.508 e. The first kappa shape index (κ1) is 28.8. The van der Waals surface area contributed by atoms with Gasteiger partial charge in [-0.05, 0) is 31.0 Å². The van der Waals surface area contributed by atoms with Gasteiger partial charge < -0.3 is 42.7 Å². The van der Waals surface area contributed by atoms with E-state index in [2.05, 4.69) is 16.0 Å². The van der Waals surface area contributed by atoms with E-state index in [0.717, 1.165) is 0 Å². The van der Waals surface area contributed by atoms with Crippen LogP contribution in [-0.2, 0) is 35.2 Å². The number of amides is 4. The molecule has 0 bridgehead atoms. The first-order valence-corrected chi connectivity index (χ1v) is 10.5. The van der Waals surface area contributed by atoms with Gasteiger partial charge in [-0.2, -0.15) is 0 Å². The van der Waals surface area contributed by atoms with E-state index in [4.69, 9.17) is 16.6 Å². The maximum Gasteiger partial charge on any atom is 0.326 e. The van der Waals surface area contributed by atoms with Crippen LogP contribution in [0.25, 0.3) is 0 Å². The van der Waals surface area contributed by atoms with Crippen molar-refractivity contribution >= 4 is 35.6 Å². The number of carbonyl (C=O) groups excluding carboxylic acids is 4. The van der Waals surface area contributed by atoms with Gasteiger partial charge in [0, 0.05) is 12.8 Å². The SMILES string of the molecule is CC(NC(=O)C(CCC(N)=O)NC(=O)C(N)CC(=O)O)C(=O)NC(Cc1ccc(O)cc1)C(=O)O. The van der Waals surface area contributed by atoms with Gasteiger partial charge in [0.05, 0.1) is 12.5 Å². The molecule has 192 valence electrons. The number of carboxylic acids is 2. The van der Waals surface area contributed by atoms with Crippen molar-refractivity contribution in [1.29, 1.82) is 0 Å². The molecular weight excluding hydrogens is 466 g/mol. The molecule has 35 heavy (non-hydrogen) atoms. The number of rotatable bonds is 14. The molecule has 10 N–H and O–H groups in total. The third kappa shape index (κ3) is 10.5. The van der Waals surface area contributed by atoms with Crippen LogP contribution in [0.4, 0.5) is 0 Å². The summed E-state index contributed by atoms with van der Waals surface area (Å²) in [5.41, 5.74) is 11.1. The summed E-state index contributed by atoms with van der Waals surface area (Å²) >= 11 is 0. The monoisotopic (exact) mass is 495 g/mol. The zero-order chi connectivity index (χ0) is 26.7. The Morgan fingerprint density at radius 1 is 0.886 bits per heavy atom. The van der Waals surface area contributed by atoms with E-state index >= 15 is 0 Å². The zero-order valence-electron chi connectivity index (χ0n) is 18.9. The average Bonchev–Trinajstić information content (AvgIpc) is 2.76. The number of carboxylic acid groups (broad SMARTS) is 2. The smallest absolute Gasteiger partial charge is 0.326 e. The lowest BCUT2D eigenvalue weighted by atomic mass is 10.1. The molecule has 0 saturated carbocycles. The normalized spacial score (nSPS) is 14.0. The van der Waals surface area contributed by atoms with Gasteiger partial charge in [-0.1, -0.05) is 12.1 Å². The Morgan fingerprint density at radius 2 is 1.46 bits per heavy atom. The zero-order valence-corrected chi connectivity index (χ0v) is 18.9. The summed E-state index contributed by atoms with van der Waals surface area (Å²) in [5.74, 6) is -6.14. The van der Waals surface area contributed by atoms with Crippen LogP contribution < -0.4 is 27.4 Å². The van der Waals surface area contributed by atoms with Crippen molar-refractivity contribution in [3.05, 3.63) is 29.8 Å². The number of aromatic hydroxyl groups is 1. The van der Waals surface area contributed by atoms with Crippen molar-refractivity contribution in [1.82, 2.24) is 16.0 Å². The predicted molar refractivity (Wildman–Crippen MR) is 120 cm³/mol. The van der Waals surface area contributed by atoms with Crippen LogP contribution in [0.5, 0.6) is 5.75 Å². The van der Waals surface area contributed by atoms with E-state index in [1.807, 2.05) is 0 Å². The molecule has 0 aliphatic rings. The molecular formula is C21H29N5O9. The van der Waals surface area contributed by atoms with E-state index in [9.17, 15) is 39.0 Å². The lowest BCUT2D eigenvalue weighted by Gasteiger charge is -2.23. The lowest BCUT2D eigenvalue weighted by Crippen LogP contribution is -2.56. The van der Waals surface area contributed by atoms with Crippen molar-refractivity contribution in [2.75, 3.05) is 0 Å². The Balaban J connectivity index is 2.82. The van der Waals surface area contributed by atoms with Crippen molar-refractivity contribution in [3.63, 3.8) is 0 Å². The second kappa shape index (κ2) is 13.5. The molecule has 0 aliphatic carbocycles. The molecule has 4 amide bonds. The molecule has 0 radical (unpaired) electrons. The van der Waals surface area contributed by atoms with Crippen LogP contribution in [0.3, 0.4) is 0 Å². The van der Waals surface area contributed by atoms with Crippen LogP contribution >= 0.6 is 0 Å². The molecule has 14 heteroatoms. The Labute approximate surface area is 200 Å². The summed E-state index contributed by atoms with van der Waals surface area (Å²) in [6, 6.07) is 0.290. The van der Waals surface area contributed by atoms with Gasteiger partial charge in [0.1, 0.15) is 23.9 Å². The minimum atomic E-state index is -1.46. The molecule has 1 rings (SSSR count). The number of aliphatic carboxylic acids is 2. The summed E-state index contributed by atoms with van der Waals surface area (Å²) < 4.78 is 0. The van der Waals surface area contributed by atoms with E-state index < -0.39 is 66.2 Å². The van der Waals surface area contributed by atoms with E-state index in [1.54, 1.807) is 0 Å². The van der Waals surface area contributed by atoms with Crippen LogP contribution in [-0.4, -0.2) is 75.1 Å². The molecule has 14 nitrogen and oxygen atoms in total. The largest absolute Gasteiger partial charge is 0.508 e. The highest BCUT2D eigenvalue weighted by Gasteiger charge is 2.29. The minimum absolute atomic E-state index is 0.0112. The number of phenolic OH excluding ortho intramolecular Hbond substituents is 1. The fourth-order valence-corrected chi connectivity index (χ4v) is 2.86. The third-order valence-corrected chi connectivity index (χ3v) is 4.79. The van der Waals surface area contributed by atoms with Gasteiger partial charge >= 0.3 is 11.9 Å². The molecule has 0 aromatic heterocycles. The number of phenols is 1.